The van der Waals surface area contributed by atoms with E-state index in [1.54, 1.807) is 0 Å². The molecule has 0 bridgehead atoms. The second kappa shape index (κ2) is 10.1. The summed E-state index contributed by atoms with van der Waals surface area (Å²) < 4.78 is 14.7. The van der Waals surface area contributed by atoms with Gasteiger partial charge in [-0.3, -0.25) is 24.3 Å². The van der Waals surface area contributed by atoms with E-state index in [4.69, 9.17) is 11.5 Å². The molecule has 0 saturated carbocycles. The molecule has 0 radical (unpaired) electrons. The molecule has 3 aromatic rings. The van der Waals surface area contributed by atoms with Crippen molar-refractivity contribution in [3.8, 4) is 0 Å². The zero-order valence-corrected chi connectivity index (χ0v) is 17.2. The van der Waals surface area contributed by atoms with Gasteiger partial charge in [0.25, 0.3) is 5.56 Å². The van der Waals surface area contributed by atoms with Crippen LogP contribution in [0.15, 0.2) is 17.1 Å². The van der Waals surface area contributed by atoms with Gasteiger partial charge in [-0.25, -0.2) is 19.3 Å². The van der Waals surface area contributed by atoms with E-state index in [1.165, 1.54) is 0 Å². The van der Waals surface area contributed by atoms with Crippen LogP contribution in [0.1, 0.15) is 17.8 Å². The first kappa shape index (κ1) is 23.7. The van der Waals surface area contributed by atoms with Gasteiger partial charge in [0, 0.05) is 12.5 Å². The Hall–Kier alpha value is -4.96. The number of amides is 2. The van der Waals surface area contributed by atoms with Crippen LogP contribution in [0.5, 0.6) is 0 Å². The van der Waals surface area contributed by atoms with Crippen molar-refractivity contribution in [1.29, 1.82) is 0 Å². The molecule has 3 rings (SSSR count). The van der Waals surface area contributed by atoms with Crippen LogP contribution >= 0.6 is 0 Å². The lowest BCUT2D eigenvalue weighted by Gasteiger charge is -2.24. The van der Waals surface area contributed by atoms with Gasteiger partial charge in [-0.1, -0.05) is 0 Å². The highest BCUT2D eigenvalue weighted by molar-refractivity contribution is 5.93. The van der Waals surface area contributed by atoms with Crippen molar-refractivity contribution in [3.63, 3.8) is 0 Å². The standard InChI is InChI=1S/C17H18FN11O5/c18-9-3-7(22-12(31)4-8-13(19)23-17(20)24-15(8)32)5-21-14(9)29(6-30)10(16(33)34)1-2-11-25-27-28-26-11/h3,5-6,10H,1-2,4H2,(H,22,31)(H,33,34)(H,25,26,27,28)(H5,19,20,23,24,32)/t10-/m0/s1. The minimum absolute atomic E-state index is 0.0618. The number of nitrogen functional groups attached to an aromatic ring is 2. The number of aromatic amines is 2. The van der Waals surface area contributed by atoms with Crippen molar-refractivity contribution >= 4 is 41.6 Å². The van der Waals surface area contributed by atoms with Crippen molar-refractivity contribution in [1.82, 2.24) is 35.6 Å². The van der Waals surface area contributed by atoms with Crippen LogP contribution in [0.25, 0.3) is 0 Å². The Morgan fingerprint density at radius 2 is 2.12 bits per heavy atom. The highest BCUT2D eigenvalue weighted by Gasteiger charge is 2.29. The molecule has 0 aliphatic carbocycles. The first-order valence-corrected chi connectivity index (χ1v) is 9.48. The predicted molar refractivity (Wildman–Crippen MR) is 113 cm³/mol. The largest absolute Gasteiger partial charge is 0.480 e. The van der Waals surface area contributed by atoms with E-state index in [0.717, 1.165) is 12.3 Å². The minimum Gasteiger partial charge on any atom is -0.480 e. The Balaban J connectivity index is 1.74. The van der Waals surface area contributed by atoms with Gasteiger partial charge >= 0.3 is 5.97 Å². The number of carboxylic acids is 1. The van der Waals surface area contributed by atoms with E-state index < -0.39 is 41.5 Å². The van der Waals surface area contributed by atoms with Crippen LogP contribution in [0.3, 0.4) is 0 Å². The number of aliphatic carboxylic acids is 1. The number of nitrogens with one attached hydrogen (secondary N) is 3. The second-order valence-corrected chi connectivity index (χ2v) is 6.82. The maximum absolute atomic E-state index is 14.7. The van der Waals surface area contributed by atoms with Crippen LogP contribution < -0.4 is 27.2 Å². The number of halogens is 1. The molecule has 16 nitrogen and oxygen atoms in total. The number of aromatic nitrogens is 7. The normalized spacial score (nSPS) is 11.6. The number of pyridine rings is 1. The number of hydrogen-bond donors (Lipinski definition) is 6. The summed E-state index contributed by atoms with van der Waals surface area (Å²) in [5, 5.41) is 24.6. The molecule has 34 heavy (non-hydrogen) atoms. The van der Waals surface area contributed by atoms with Crippen LogP contribution in [0.2, 0.25) is 0 Å². The SMILES string of the molecule is Nc1nc(N)c(CC(=O)Nc2cnc(N(C=O)[C@@H](CCc3nnn[nH]3)C(=O)O)c(F)c2)c(=O)[nH]1. The van der Waals surface area contributed by atoms with Crippen LogP contribution in [-0.4, -0.2) is 65.0 Å². The van der Waals surface area contributed by atoms with E-state index in [1.807, 2.05) is 0 Å². The number of carbonyl (C=O) groups is 3. The summed E-state index contributed by atoms with van der Waals surface area (Å²) >= 11 is 0. The summed E-state index contributed by atoms with van der Waals surface area (Å²) in [6, 6.07) is -0.636. The summed E-state index contributed by atoms with van der Waals surface area (Å²) in [5.41, 5.74) is 10.00. The molecule has 1 atom stereocenters. The van der Waals surface area contributed by atoms with Crippen molar-refractivity contribution in [2.24, 2.45) is 0 Å². The summed E-state index contributed by atoms with van der Waals surface area (Å²) in [6.07, 6.45) is 0.573. The van der Waals surface area contributed by atoms with E-state index in [2.05, 4.69) is 40.9 Å². The molecule has 8 N–H and O–H groups in total. The first-order valence-electron chi connectivity index (χ1n) is 9.48. The number of carboxylic acid groups (broad SMARTS) is 1. The van der Waals surface area contributed by atoms with Gasteiger partial charge in [0.2, 0.25) is 18.3 Å². The molecule has 0 aliphatic rings. The Morgan fingerprint density at radius 1 is 1.35 bits per heavy atom. The summed E-state index contributed by atoms with van der Waals surface area (Å²) in [5.74, 6) is -3.97. The third kappa shape index (κ3) is 5.44. The molecule has 0 spiro atoms. The lowest BCUT2D eigenvalue weighted by atomic mass is 10.1. The number of hydrogen-bond acceptors (Lipinski definition) is 11. The molecule has 0 saturated heterocycles. The van der Waals surface area contributed by atoms with Gasteiger partial charge in [0.15, 0.2) is 11.6 Å². The lowest BCUT2D eigenvalue weighted by molar-refractivity contribution is -0.139. The number of nitrogens with two attached hydrogens (primary N) is 2. The fraction of sp³-hybridized carbons (Fsp3) is 0.235. The molecular formula is C17H18FN11O5. The molecule has 0 unspecified atom stereocenters. The van der Waals surface area contributed by atoms with Gasteiger partial charge < -0.3 is 21.9 Å². The quantitative estimate of drug-likeness (QED) is 0.178. The Labute approximate surface area is 188 Å². The van der Waals surface area contributed by atoms with Gasteiger partial charge in [-0.05, 0) is 16.8 Å². The highest BCUT2D eigenvalue weighted by Crippen LogP contribution is 2.22. The number of anilines is 4. The van der Waals surface area contributed by atoms with E-state index >= 15 is 0 Å². The van der Waals surface area contributed by atoms with Crippen molar-refractivity contribution in [3.05, 3.63) is 39.8 Å². The van der Waals surface area contributed by atoms with Gasteiger partial charge in [0.05, 0.1) is 23.9 Å². The number of aryl methyl sites for hydroxylation is 1. The van der Waals surface area contributed by atoms with E-state index in [9.17, 15) is 28.7 Å². The summed E-state index contributed by atoms with van der Waals surface area (Å²) in [4.78, 5) is 57.7. The maximum atomic E-state index is 14.7. The fourth-order valence-electron chi connectivity index (χ4n) is 2.97. The number of nitrogens with zero attached hydrogens (tertiary/aromatic N) is 6. The minimum atomic E-state index is -1.47. The molecule has 0 aliphatic heterocycles. The molecule has 178 valence electrons. The van der Waals surface area contributed by atoms with E-state index in [-0.39, 0.29) is 48.1 Å². The van der Waals surface area contributed by atoms with Crippen molar-refractivity contribution < 1.29 is 23.9 Å². The maximum Gasteiger partial charge on any atom is 0.326 e. The zero-order chi connectivity index (χ0) is 24.8. The Bertz CT molecular complexity index is 1260. The molecule has 2 amide bonds. The summed E-state index contributed by atoms with van der Waals surface area (Å²) in [7, 11) is 0. The smallest absolute Gasteiger partial charge is 0.326 e. The Kier molecular flexibility index (Phi) is 7.04. The third-order valence-corrected chi connectivity index (χ3v) is 4.53. The molecular weight excluding hydrogens is 457 g/mol. The molecule has 3 heterocycles. The zero-order valence-electron chi connectivity index (χ0n) is 17.2. The number of carbonyl (C=O) groups excluding carboxylic acids is 2. The Morgan fingerprint density at radius 3 is 2.71 bits per heavy atom. The molecule has 0 fully saturated rings. The number of tetrazole rings is 1. The second-order valence-electron chi connectivity index (χ2n) is 6.82. The monoisotopic (exact) mass is 475 g/mol. The van der Waals surface area contributed by atoms with Crippen molar-refractivity contribution in [2.45, 2.75) is 25.3 Å². The van der Waals surface area contributed by atoms with Crippen LogP contribution in [0.4, 0.5) is 27.7 Å². The molecule has 0 aromatic carbocycles. The average Bonchev–Trinajstić information content (AvgIpc) is 3.28. The predicted octanol–water partition coefficient (Wildman–Crippen LogP) is -1.79. The van der Waals surface area contributed by atoms with Crippen LogP contribution in [-0.2, 0) is 27.2 Å². The lowest BCUT2D eigenvalue weighted by Crippen LogP contribution is -2.42. The molecule has 17 heteroatoms. The average molecular weight is 475 g/mol. The van der Waals surface area contributed by atoms with Gasteiger partial charge in [-0.2, -0.15) is 4.98 Å². The first-order chi connectivity index (χ1) is 16.2. The highest BCUT2D eigenvalue weighted by atomic mass is 19.1. The number of H-pyrrole nitrogens is 2. The van der Waals surface area contributed by atoms with E-state index in [0.29, 0.717) is 4.90 Å². The van der Waals surface area contributed by atoms with Crippen LogP contribution in [0, 0.1) is 5.82 Å². The van der Waals surface area contributed by atoms with Gasteiger partial charge in [-0.15, -0.1) is 5.10 Å². The molecule has 3 aromatic heterocycles. The topological polar surface area (TPSA) is 252 Å². The fourth-order valence-corrected chi connectivity index (χ4v) is 2.97. The van der Waals surface area contributed by atoms with Gasteiger partial charge in [0.1, 0.15) is 17.7 Å². The van der Waals surface area contributed by atoms with Crippen molar-refractivity contribution in [2.75, 3.05) is 21.7 Å². The number of rotatable bonds is 10. The third-order valence-electron chi connectivity index (χ3n) is 4.53. The summed E-state index contributed by atoms with van der Waals surface area (Å²) in [6.45, 7) is 0.